The van der Waals surface area contributed by atoms with Gasteiger partial charge in [0, 0.05) is 19.2 Å². The van der Waals surface area contributed by atoms with Crippen molar-refractivity contribution < 1.29 is 18.0 Å². The zero-order valence-electron chi connectivity index (χ0n) is 11.9. The number of hydrogen-bond acceptors (Lipinski definition) is 1. The number of nitrogens with zero attached hydrogens (tertiary/aromatic N) is 1. The van der Waals surface area contributed by atoms with E-state index in [1.165, 1.54) is 12.1 Å². The summed E-state index contributed by atoms with van der Waals surface area (Å²) >= 11 is 0. The average Bonchev–Trinajstić information content (AvgIpc) is 2.50. The highest BCUT2D eigenvalue weighted by Crippen LogP contribution is 2.33. The molecule has 2 aromatic rings. The Hall–Kier alpha value is -2.30. The van der Waals surface area contributed by atoms with Gasteiger partial charge in [-0.1, -0.05) is 18.2 Å². The van der Waals surface area contributed by atoms with E-state index in [2.05, 4.69) is 0 Å². The number of halogens is 3. The molecule has 0 N–H and O–H groups in total. The molecule has 2 aromatic carbocycles. The fourth-order valence-corrected chi connectivity index (χ4v) is 2.69. The lowest BCUT2D eigenvalue weighted by Crippen LogP contribution is -2.30. The van der Waals surface area contributed by atoms with E-state index >= 15 is 0 Å². The van der Waals surface area contributed by atoms with Crippen molar-refractivity contribution in [2.24, 2.45) is 0 Å². The number of rotatable bonds is 1. The molecule has 0 bridgehead atoms. The number of amides is 1. The van der Waals surface area contributed by atoms with Gasteiger partial charge in [0.05, 0.1) is 5.56 Å². The Morgan fingerprint density at radius 1 is 0.955 bits per heavy atom. The van der Waals surface area contributed by atoms with Gasteiger partial charge in [0.15, 0.2) is 0 Å². The minimum atomic E-state index is -4.32. The van der Waals surface area contributed by atoms with E-state index in [-0.39, 0.29) is 5.91 Å². The number of benzene rings is 2. The molecule has 2 nitrogen and oxygen atoms in total. The average molecular weight is 305 g/mol. The third kappa shape index (κ3) is 2.58. The van der Waals surface area contributed by atoms with Gasteiger partial charge >= 0.3 is 6.18 Å². The summed E-state index contributed by atoms with van der Waals surface area (Å²) in [4.78, 5) is 13.3. The SMILES string of the molecule is CN1C(=O)CCc2cc(-c3ccc(C(F)(F)F)cc3)ccc21. The Morgan fingerprint density at radius 2 is 1.59 bits per heavy atom. The molecule has 1 aliphatic heterocycles. The molecule has 0 fully saturated rings. The normalized spacial score (nSPS) is 14.9. The minimum Gasteiger partial charge on any atom is -0.315 e. The van der Waals surface area contributed by atoms with Gasteiger partial charge in [0.25, 0.3) is 0 Å². The fourth-order valence-electron chi connectivity index (χ4n) is 2.69. The Kier molecular flexibility index (Phi) is 3.43. The molecule has 0 saturated carbocycles. The predicted molar refractivity (Wildman–Crippen MR) is 78.6 cm³/mol. The van der Waals surface area contributed by atoms with Crippen molar-refractivity contribution in [1.29, 1.82) is 0 Å². The van der Waals surface area contributed by atoms with Gasteiger partial charge in [-0.2, -0.15) is 13.2 Å². The largest absolute Gasteiger partial charge is 0.416 e. The summed E-state index contributed by atoms with van der Waals surface area (Å²) in [5, 5.41) is 0. The number of fused-ring (bicyclic) bond motifs is 1. The van der Waals surface area contributed by atoms with E-state index in [0.29, 0.717) is 12.8 Å². The molecule has 0 aliphatic carbocycles. The third-order valence-electron chi connectivity index (χ3n) is 3.97. The van der Waals surface area contributed by atoms with Crippen molar-refractivity contribution in [2.75, 3.05) is 11.9 Å². The maximum absolute atomic E-state index is 12.6. The topological polar surface area (TPSA) is 20.3 Å². The van der Waals surface area contributed by atoms with E-state index in [9.17, 15) is 18.0 Å². The van der Waals surface area contributed by atoms with Crippen LogP contribution in [-0.2, 0) is 17.4 Å². The first-order chi connectivity index (χ1) is 10.4. The standard InChI is InChI=1S/C17H14F3NO/c1-21-15-8-4-12(10-13(15)5-9-16(21)22)11-2-6-14(7-3-11)17(18,19)20/h2-4,6-8,10H,5,9H2,1H3. The lowest BCUT2D eigenvalue weighted by molar-refractivity contribution is -0.137. The van der Waals surface area contributed by atoms with Crippen LogP contribution in [0.2, 0.25) is 0 Å². The van der Waals surface area contributed by atoms with E-state index < -0.39 is 11.7 Å². The highest BCUT2D eigenvalue weighted by molar-refractivity contribution is 5.96. The van der Waals surface area contributed by atoms with Crippen LogP contribution >= 0.6 is 0 Å². The van der Waals surface area contributed by atoms with E-state index in [1.54, 1.807) is 11.9 Å². The van der Waals surface area contributed by atoms with Crippen LogP contribution in [0.3, 0.4) is 0 Å². The highest BCUT2D eigenvalue weighted by Gasteiger charge is 2.30. The molecule has 0 aromatic heterocycles. The van der Waals surface area contributed by atoms with Gasteiger partial charge in [-0.3, -0.25) is 4.79 Å². The van der Waals surface area contributed by atoms with Crippen molar-refractivity contribution in [1.82, 2.24) is 0 Å². The molecule has 0 atom stereocenters. The smallest absolute Gasteiger partial charge is 0.315 e. The lowest BCUT2D eigenvalue weighted by atomic mass is 9.96. The van der Waals surface area contributed by atoms with Gasteiger partial charge < -0.3 is 4.90 Å². The molecule has 0 spiro atoms. The Balaban J connectivity index is 1.95. The monoisotopic (exact) mass is 305 g/mol. The molecule has 1 heterocycles. The molecule has 22 heavy (non-hydrogen) atoms. The molecular weight excluding hydrogens is 291 g/mol. The zero-order valence-corrected chi connectivity index (χ0v) is 11.9. The molecule has 0 radical (unpaired) electrons. The Bertz CT molecular complexity index is 720. The second kappa shape index (κ2) is 5.16. The zero-order chi connectivity index (χ0) is 15.9. The molecule has 114 valence electrons. The summed E-state index contributed by atoms with van der Waals surface area (Å²) in [5.41, 5.74) is 2.84. The van der Waals surface area contributed by atoms with Crippen LogP contribution in [0.25, 0.3) is 11.1 Å². The third-order valence-corrected chi connectivity index (χ3v) is 3.97. The summed E-state index contributed by atoms with van der Waals surface area (Å²) in [6, 6.07) is 10.7. The first-order valence-corrected chi connectivity index (χ1v) is 6.93. The molecule has 3 rings (SSSR count). The number of anilines is 1. The van der Waals surface area contributed by atoms with Crippen molar-refractivity contribution >= 4 is 11.6 Å². The van der Waals surface area contributed by atoms with Gasteiger partial charge in [-0.25, -0.2) is 0 Å². The first-order valence-electron chi connectivity index (χ1n) is 6.93. The number of carbonyl (C=O) groups excluding carboxylic acids is 1. The predicted octanol–water partition coefficient (Wildman–Crippen LogP) is 4.28. The second-order valence-corrected chi connectivity index (χ2v) is 5.37. The summed E-state index contributed by atoms with van der Waals surface area (Å²) in [7, 11) is 1.73. The van der Waals surface area contributed by atoms with Crippen LogP contribution in [0, 0.1) is 0 Å². The van der Waals surface area contributed by atoms with Gasteiger partial charge in [0.1, 0.15) is 0 Å². The van der Waals surface area contributed by atoms with Crippen LogP contribution in [0.4, 0.5) is 18.9 Å². The van der Waals surface area contributed by atoms with Crippen LogP contribution in [0.5, 0.6) is 0 Å². The summed E-state index contributed by atoms with van der Waals surface area (Å²) < 4.78 is 37.8. The van der Waals surface area contributed by atoms with Crippen LogP contribution in [0.1, 0.15) is 17.5 Å². The van der Waals surface area contributed by atoms with Crippen molar-refractivity contribution in [3.05, 3.63) is 53.6 Å². The van der Waals surface area contributed by atoms with Gasteiger partial charge in [0.2, 0.25) is 5.91 Å². The van der Waals surface area contributed by atoms with Gasteiger partial charge in [-0.05, 0) is 47.4 Å². The highest BCUT2D eigenvalue weighted by atomic mass is 19.4. The summed E-state index contributed by atoms with van der Waals surface area (Å²) in [5.74, 6) is 0.0785. The van der Waals surface area contributed by atoms with Crippen molar-refractivity contribution in [3.8, 4) is 11.1 Å². The number of hydrogen-bond donors (Lipinski definition) is 0. The molecule has 1 amide bonds. The molecule has 5 heteroatoms. The van der Waals surface area contributed by atoms with E-state index in [1.807, 2.05) is 18.2 Å². The van der Waals surface area contributed by atoms with Crippen LogP contribution in [0.15, 0.2) is 42.5 Å². The summed E-state index contributed by atoms with van der Waals surface area (Å²) in [6.07, 6.45) is -3.20. The number of aryl methyl sites for hydroxylation is 1. The number of carbonyl (C=O) groups is 1. The van der Waals surface area contributed by atoms with Crippen molar-refractivity contribution in [3.63, 3.8) is 0 Å². The van der Waals surface area contributed by atoms with Crippen molar-refractivity contribution in [2.45, 2.75) is 19.0 Å². The van der Waals surface area contributed by atoms with Gasteiger partial charge in [-0.15, -0.1) is 0 Å². The van der Waals surface area contributed by atoms with E-state index in [0.717, 1.165) is 34.5 Å². The quantitative estimate of drug-likeness (QED) is 0.770. The maximum Gasteiger partial charge on any atom is 0.416 e. The number of alkyl halides is 3. The second-order valence-electron chi connectivity index (χ2n) is 5.37. The van der Waals surface area contributed by atoms with Crippen LogP contribution in [-0.4, -0.2) is 13.0 Å². The molecule has 0 unspecified atom stereocenters. The summed E-state index contributed by atoms with van der Waals surface area (Å²) in [6.45, 7) is 0. The first kappa shape index (κ1) is 14.6. The molecule has 0 saturated heterocycles. The molecule has 1 aliphatic rings. The van der Waals surface area contributed by atoms with E-state index in [4.69, 9.17) is 0 Å². The van der Waals surface area contributed by atoms with Crippen LogP contribution < -0.4 is 4.90 Å². The Labute approximate surface area is 126 Å². The minimum absolute atomic E-state index is 0.0785. The Morgan fingerprint density at radius 3 is 2.23 bits per heavy atom. The maximum atomic E-state index is 12.6. The fraction of sp³-hybridized carbons (Fsp3) is 0.235. The molecular formula is C17H14F3NO. The lowest BCUT2D eigenvalue weighted by Gasteiger charge is -2.26.